The molecule has 2 rings (SSSR count). The molecule has 19 heavy (non-hydrogen) atoms. The molecule has 1 unspecified atom stereocenters. The summed E-state index contributed by atoms with van der Waals surface area (Å²) in [6.45, 7) is 2.17. The van der Waals surface area contributed by atoms with Gasteiger partial charge in [0.1, 0.15) is 0 Å². The van der Waals surface area contributed by atoms with Crippen LogP contribution in [-0.4, -0.2) is 11.8 Å². The molecule has 0 spiro atoms. The van der Waals surface area contributed by atoms with Crippen LogP contribution in [0.1, 0.15) is 39.0 Å². The van der Waals surface area contributed by atoms with E-state index in [4.69, 9.17) is 0 Å². The zero-order valence-electron chi connectivity index (χ0n) is 11.2. The Morgan fingerprint density at radius 2 is 1.84 bits per heavy atom. The summed E-state index contributed by atoms with van der Waals surface area (Å²) in [5.74, 6) is -1.70. The molecule has 1 aliphatic carbocycles. The fraction of sp³-hybridized carbons (Fsp3) is 0.600. The summed E-state index contributed by atoms with van der Waals surface area (Å²) in [5.41, 5.74) is 0.839. The Bertz CT molecular complexity index is 391. The summed E-state index contributed by atoms with van der Waals surface area (Å²) in [5, 5.41) is 3.43. The second-order valence-electron chi connectivity index (χ2n) is 5.21. The lowest BCUT2D eigenvalue weighted by Gasteiger charge is -2.29. The molecule has 106 valence electrons. The van der Waals surface area contributed by atoms with E-state index in [9.17, 15) is 8.78 Å². The molecule has 1 nitrogen and oxygen atoms in total. The quantitative estimate of drug-likeness (QED) is 0.729. The van der Waals surface area contributed by atoms with Gasteiger partial charge in [0.2, 0.25) is 0 Å². The van der Waals surface area contributed by atoms with Gasteiger partial charge in [0.15, 0.2) is 0 Å². The van der Waals surface area contributed by atoms with Crippen molar-refractivity contribution >= 4 is 17.4 Å². The fourth-order valence-corrected chi connectivity index (χ4v) is 3.38. The molecule has 0 amide bonds. The van der Waals surface area contributed by atoms with Gasteiger partial charge in [-0.2, -0.15) is 8.78 Å². The van der Waals surface area contributed by atoms with Gasteiger partial charge >= 0.3 is 0 Å². The lowest BCUT2D eigenvalue weighted by Crippen LogP contribution is -2.27. The van der Waals surface area contributed by atoms with Crippen molar-refractivity contribution in [1.29, 1.82) is 0 Å². The van der Waals surface area contributed by atoms with Crippen LogP contribution in [0.15, 0.2) is 29.2 Å². The van der Waals surface area contributed by atoms with Crippen LogP contribution in [0.2, 0.25) is 0 Å². The number of halogens is 2. The number of hydrogen-bond donors (Lipinski definition) is 1. The summed E-state index contributed by atoms with van der Waals surface area (Å²) in [6.07, 6.45) is 6.42. The third-order valence-corrected chi connectivity index (χ3v) is 4.63. The van der Waals surface area contributed by atoms with E-state index < -0.39 is 5.76 Å². The molecular formula is C15H21F2NS. The lowest BCUT2D eigenvalue weighted by molar-refractivity contribution is 0.252. The van der Waals surface area contributed by atoms with E-state index in [1.54, 1.807) is 12.1 Å². The van der Waals surface area contributed by atoms with Gasteiger partial charge in [-0.05, 0) is 37.8 Å². The Morgan fingerprint density at radius 1 is 1.16 bits per heavy atom. The molecule has 4 heteroatoms. The van der Waals surface area contributed by atoms with Gasteiger partial charge in [0, 0.05) is 16.6 Å². The Kier molecular flexibility index (Phi) is 5.49. The summed E-state index contributed by atoms with van der Waals surface area (Å²) < 4.78 is 25.1. The van der Waals surface area contributed by atoms with Crippen LogP contribution in [0.5, 0.6) is 0 Å². The number of thioether (sulfide) groups is 1. The van der Waals surface area contributed by atoms with Gasteiger partial charge in [-0.1, -0.05) is 43.2 Å². The number of nitrogens with one attached hydrogen (secondary N) is 1. The van der Waals surface area contributed by atoms with Gasteiger partial charge in [0.05, 0.1) is 0 Å². The normalized spacial score (nSPS) is 18.5. The molecule has 1 atom stereocenters. The molecule has 0 saturated heterocycles. The van der Waals surface area contributed by atoms with E-state index in [-0.39, 0.29) is 0 Å². The molecule has 0 aromatic heterocycles. The van der Waals surface area contributed by atoms with Crippen LogP contribution in [0, 0.1) is 5.92 Å². The maximum absolute atomic E-state index is 12.5. The minimum Gasteiger partial charge on any atom is -0.381 e. The third kappa shape index (κ3) is 4.37. The topological polar surface area (TPSA) is 12.0 Å². The van der Waals surface area contributed by atoms with E-state index >= 15 is 0 Å². The summed E-state index contributed by atoms with van der Waals surface area (Å²) in [4.78, 5) is 0.639. The first-order valence-electron chi connectivity index (χ1n) is 6.97. The number of rotatable bonds is 5. The molecule has 1 N–H and O–H groups in total. The standard InChI is InChI=1S/C15H21F2NS/c1-11(12-7-3-2-4-8-12)18-13-9-5-6-10-14(13)19-15(16)17/h5-6,9-12,15,18H,2-4,7-8H2,1H3. The highest BCUT2D eigenvalue weighted by Gasteiger charge is 2.21. The lowest BCUT2D eigenvalue weighted by atomic mass is 9.84. The average molecular weight is 285 g/mol. The molecule has 1 aromatic rings. The average Bonchev–Trinajstić information content (AvgIpc) is 2.41. The van der Waals surface area contributed by atoms with Crippen LogP contribution in [-0.2, 0) is 0 Å². The highest BCUT2D eigenvalue weighted by atomic mass is 32.2. The van der Waals surface area contributed by atoms with Crippen molar-refractivity contribution in [2.75, 3.05) is 5.32 Å². The molecular weight excluding hydrogens is 264 g/mol. The van der Waals surface area contributed by atoms with Gasteiger partial charge in [-0.3, -0.25) is 0 Å². The Morgan fingerprint density at radius 3 is 2.53 bits per heavy atom. The van der Waals surface area contributed by atoms with E-state index in [0.717, 1.165) is 5.69 Å². The molecule has 0 radical (unpaired) electrons. The van der Waals surface area contributed by atoms with E-state index in [2.05, 4.69) is 12.2 Å². The zero-order chi connectivity index (χ0) is 13.7. The first kappa shape index (κ1) is 14.6. The predicted octanol–water partition coefficient (Wildman–Crippen LogP) is 5.38. The van der Waals surface area contributed by atoms with Crippen molar-refractivity contribution in [1.82, 2.24) is 0 Å². The van der Waals surface area contributed by atoms with E-state index in [1.165, 1.54) is 32.1 Å². The monoisotopic (exact) mass is 285 g/mol. The Labute approximate surface area is 118 Å². The van der Waals surface area contributed by atoms with Crippen molar-refractivity contribution in [2.24, 2.45) is 5.92 Å². The molecule has 0 heterocycles. The second-order valence-corrected chi connectivity index (χ2v) is 6.24. The van der Waals surface area contributed by atoms with Crippen LogP contribution < -0.4 is 5.32 Å². The Hall–Kier alpha value is -0.770. The smallest absolute Gasteiger partial charge is 0.288 e. The molecule has 0 bridgehead atoms. The van der Waals surface area contributed by atoms with E-state index in [1.807, 2.05) is 12.1 Å². The van der Waals surface area contributed by atoms with Crippen LogP contribution in [0.4, 0.5) is 14.5 Å². The number of para-hydroxylation sites is 1. The summed E-state index contributed by atoms with van der Waals surface area (Å²) in [7, 11) is 0. The molecule has 0 aliphatic heterocycles. The minimum absolute atomic E-state index is 0.347. The maximum Gasteiger partial charge on any atom is 0.288 e. The number of hydrogen-bond acceptors (Lipinski definition) is 2. The first-order valence-corrected chi connectivity index (χ1v) is 7.85. The minimum atomic E-state index is -2.37. The van der Waals surface area contributed by atoms with Crippen molar-refractivity contribution in [3.63, 3.8) is 0 Å². The number of benzene rings is 1. The van der Waals surface area contributed by atoms with Crippen molar-refractivity contribution in [2.45, 2.75) is 55.7 Å². The number of anilines is 1. The summed E-state index contributed by atoms with van der Waals surface area (Å²) >= 11 is 0.618. The predicted molar refractivity (Wildman–Crippen MR) is 78.0 cm³/mol. The number of alkyl halides is 2. The SMILES string of the molecule is CC(Nc1ccccc1SC(F)F)C1CCCCC1. The zero-order valence-corrected chi connectivity index (χ0v) is 12.1. The highest BCUT2D eigenvalue weighted by molar-refractivity contribution is 7.99. The van der Waals surface area contributed by atoms with Crippen molar-refractivity contribution in [3.8, 4) is 0 Å². The third-order valence-electron chi connectivity index (χ3n) is 3.84. The van der Waals surface area contributed by atoms with Crippen LogP contribution in [0.3, 0.4) is 0 Å². The highest BCUT2D eigenvalue weighted by Crippen LogP contribution is 2.34. The van der Waals surface area contributed by atoms with Gasteiger partial charge in [0.25, 0.3) is 5.76 Å². The molecule has 1 aromatic carbocycles. The fourth-order valence-electron chi connectivity index (χ4n) is 2.78. The van der Waals surface area contributed by atoms with Gasteiger partial charge in [-0.15, -0.1) is 0 Å². The molecule has 1 fully saturated rings. The van der Waals surface area contributed by atoms with Gasteiger partial charge < -0.3 is 5.32 Å². The summed E-state index contributed by atoms with van der Waals surface area (Å²) in [6, 6.07) is 7.70. The molecule has 1 saturated carbocycles. The van der Waals surface area contributed by atoms with E-state index in [0.29, 0.717) is 28.6 Å². The second kappa shape index (κ2) is 7.13. The van der Waals surface area contributed by atoms with Gasteiger partial charge in [-0.25, -0.2) is 0 Å². The largest absolute Gasteiger partial charge is 0.381 e. The first-order chi connectivity index (χ1) is 9.16. The molecule has 1 aliphatic rings. The van der Waals surface area contributed by atoms with Crippen LogP contribution >= 0.6 is 11.8 Å². The maximum atomic E-state index is 12.5. The van der Waals surface area contributed by atoms with Crippen molar-refractivity contribution in [3.05, 3.63) is 24.3 Å². The van der Waals surface area contributed by atoms with Crippen LogP contribution in [0.25, 0.3) is 0 Å². The van der Waals surface area contributed by atoms with Crippen molar-refractivity contribution < 1.29 is 8.78 Å². The Balaban J connectivity index is 2.01.